The van der Waals surface area contributed by atoms with E-state index < -0.39 is 0 Å². The molecule has 0 amide bonds. The molecule has 1 aromatic carbocycles. The molecule has 0 atom stereocenters. The first-order valence-corrected chi connectivity index (χ1v) is 7.43. The minimum Gasteiger partial charge on any atom is -0.492 e. The number of hydrogen-bond donors (Lipinski definition) is 1. The summed E-state index contributed by atoms with van der Waals surface area (Å²) in [6, 6.07) is 7.37. The van der Waals surface area contributed by atoms with E-state index in [-0.39, 0.29) is 11.5 Å². The van der Waals surface area contributed by atoms with Gasteiger partial charge in [-0.2, -0.15) is 0 Å². The standard InChI is InChI=1S/C16H17NO3S/c1-12-13(2)21-16(19)17(12)8-10-20-15-7-3-5-14(11-15)6-4-9-18/h3,5,7,11,18H,8-10H2,1-2H3. The lowest BCUT2D eigenvalue weighted by molar-refractivity contribution is 0.296. The average molecular weight is 303 g/mol. The molecule has 1 heterocycles. The first-order chi connectivity index (χ1) is 10.1. The number of ether oxygens (including phenoxy) is 1. The molecule has 0 aliphatic heterocycles. The first-order valence-electron chi connectivity index (χ1n) is 6.61. The summed E-state index contributed by atoms with van der Waals surface area (Å²) in [6.45, 7) is 4.68. The van der Waals surface area contributed by atoms with Gasteiger partial charge in [0.1, 0.15) is 19.0 Å². The van der Waals surface area contributed by atoms with E-state index in [1.54, 1.807) is 4.57 Å². The van der Waals surface area contributed by atoms with Crippen LogP contribution in [0.3, 0.4) is 0 Å². The maximum absolute atomic E-state index is 11.8. The highest BCUT2D eigenvalue weighted by Crippen LogP contribution is 2.13. The molecule has 1 aromatic heterocycles. The van der Waals surface area contributed by atoms with E-state index in [1.165, 1.54) is 11.3 Å². The van der Waals surface area contributed by atoms with Crippen molar-refractivity contribution >= 4 is 11.3 Å². The fourth-order valence-corrected chi connectivity index (χ4v) is 2.76. The van der Waals surface area contributed by atoms with Crippen LogP contribution in [0.15, 0.2) is 29.1 Å². The van der Waals surface area contributed by atoms with E-state index in [2.05, 4.69) is 11.8 Å². The van der Waals surface area contributed by atoms with Crippen molar-refractivity contribution in [1.82, 2.24) is 4.57 Å². The second-order valence-corrected chi connectivity index (χ2v) is 5.66. The van der Waals surface area contributed by atoms with Crippen LogP contribution in [0.5, 0.6) is 5.75 Å². The topological polar surface area (TPSA) is 51.5 Å². The van der Waals surface area contributed by atoms with E-state index in [1.807, 2.05) is 38.1 Å². The SMILES string of the molecule is Cc1sc(=O)n(CCOc2cccc(C#CCO)c2)c1C. The van der Waals surface area contributed by atoms with Crippen molar-refractivity contribution in [1.29, 1.82) is 0 Å². The molecule has 2 aromatic rings. The van der Waals surface area contributed by atoms with Crippen molar-refractivity contribution in [3.8, 4) is 17.6 Å². The quantitative estimate of drug-likeness (QED) is 0.878. The van der Waals surface area contributed by atoms with Gasteiger partial charge in [0.15, 0.2) is 0 Å². The van der Waals surface area contributed by atoms with Gasteiger partial charge in [-0.1, -0.05) is 29.2 Å². The average Bonchev–Trinajstić information content (AvgIpc) is 2.72. The second kappa shape index (κ2) is 7.11. The van der Waals surface area contributed by atoms with E-state index in [4.69, 9.17) is 9.84 Å². The van der Waals surface area contributed by atoms with E-state index in [9.17, 15) is 4.79 Å². The Labute approximate surface area is 127 Å². The van der Waals surface area contributed by atoms with Crippen molar-refractivity contribution in [2.24, 2.45) is 0 Å². The monoisotopic (exact) mass is 303 g/mol. The van der Waals surface area contributed by atoms with Crippen LogP contribution in [0, 0.1) is 25.7 Å². The van der Waals surface area contributed by atoms with Crippen molar-refractivity contribution in [2.75, 3.05) is 13.2 Å². The molecule has 5 heteroatoms. The Bertz CT molecular complexity index is 734. The van der Waals surface area contributed by atoms with Crippen molar-refractivity contribution in [3.05, 3.63) is 50.1 Å². The van der Waals surface area contributed by atoms with Crippen LogP contribution < -0.4 is 9.61 Å². The maximum Gasteiger partial charge on any atom is 0.307 e. The number of rotatable bonds is 4. The van der Waals surface area contributed by atoms with E-state index in [0.717, 1.165) is 16.1 Å². The number of aliphatic hydroxyl groups excluding tert-OH is 1. The molecule has 0 fully saturated rings. The summed E-state index contributed by atoms with van der Waals surface area (Å²) in [6.07, 6.45) is 0. The van der Waals surface area contributed by atoms with Crippen LogP contribution in [0.1, 0.15) is 16.1 Å². The Morgan fingerprint density at radius 1 is 1.38 bits per heavy atom. The van der Waals surface area contributed by atoms with E-state index >= 15 is 0 Å². The summed E-state index contributed by atoms with van der Waals surface area (Å²) >= 11 is 1.26. The molecule has 0 radical (unpaired) electrons. The number of thiazole rings is 1. The largest absolute Gasteiger partial charge is 0.492 e. The fourth-order valence-electron chi connectivity index (χ4n) is 1.91. The zero-order valence-electron chi connectivity index (χ0n) is 12.0. The van der Waals surface area contributed by atoms with Crippen LogP contribution >= 0.6 is 11.3 Å². The van der Waals surface area contributed by atoms with Crippen LogP contribution in [0.4, 0.5) is 0 Å². The molecule has 21 heavy (non-hydrogen) atoms. The van der Waals surface area contributed by atoms with E-state index in [0.29, 0.717) is 18.9 Å². The number of aromatic nitrogens is 1. The molecule has 2 rings (SSSR count). The number of nitrogens with zero attached hydrogens (tertiary/aromatic N) is 1. The van der Waals surface area contributed by atoms with Gasteiger partial charge in [-0.15, -0.1) is 0 Å². The molecule has 0 unspecified atom stereocenters. The predicted octanol–water partition coefficient (Wildman–Crippen LogP) is 1.95. The first kappa shape index (κ1) is 15.4. The molecular formula is C16H17NO3S. The van der Waals surface area contributed by atoms with Gasteiger partial charge >= 0.3 is 4.87 Å². The summed E-state index contributed by atoms with van der Waals surface area (Å²) in [5.41, 5.74) is 1.79. The molecule has 1 N–H and O–H groups in total. The highest BCUT2D eigenvalue weighted by molar-refractivity contribution is 7.09. The number of hydrogen-bond acceptors (Lipinski definition) is 4. The Balaban J connectivity index is 1.99. The normalized spacial score (nSPS) is 10.0. The number of benzene rings is 1. The molecule has 0 aliphatic rings. The fraction of sp³-hybridized carbons (Fsp3) is 0.312. The maximum atomic E-state index is 11.8. The lowest BCUT2D eigenvalue weighted by Gasteiger charge is -2.08. The van der Waals surface area contributed by atoms with Crippen molar-refractivity contribution in [2.45, 2.75) is 20.4 Å². The molecule has 0 saturated carbocycles. The third-order valence-electron chi connectivity index (χ3n) is 3.10. The molecular weight excluding hydrogens is 286 g/mol. The van der Waals surface area contributed by atoms with Gasteiger partial charge < -0.3 is 9.84 Å². The summed E-state index contributed by atoms with van der Waals surface area (Å²) in [7, 11) is 0. The van der Waals surface area contributed by atoms with Crippen LogP contribution in [-0.2, 0) is 6.54 Å². The van der Waals surface area contributed by atoms with Crippen LogP contribution in [0.25, 0.3) is 0 Å². The van der Waals surface area contributed by atoms with Gasteiger partial charge in [0.2, 0.25) is 0 Å². The zero-order valence-corrected chi connectivity index (χ0v) is 12.9. The molecule has 0 aliphatic carbocycles. The summed E-state index contributed by atoms with van der Waals surface area (Å²) in [4.78, 5) is 12.9. The Hall–Kier alpha value is -2.03. The predicted molar refractivity (Wildman–Crippen MR) is 84.0 cm³/mol. The minimum absolute atomic E-state index is 0.0520. The third-order valence-corrected chi connectivity index (χ3v) is 4.10. The summed E-state index contributed by atoms with van der Waals surface area (Å²) in [5, 5.41) is 8.68. The molecule has 0 spiro atoms. The van der Waals surface area contributed by atoms with Gasteiger partial charge in [-0.25, -0.2) is 0 Å². The van der Waals surface area contributed by atoms with Crippen molar-refractivity contribution < 1.29 is 9.84 Å². The van der Waals surface area contributed by atoms with Gasteiger partial charge in [-0.3, -0.25) is 9.36 Å². The summed E-state index contributed by atoms with van der Waals surface area (Å²) < 4.78 is 7.40. The Kier molecular flexibility index (Phi) is 5.20. The smallest absolute Gasteiger partial charge is 0.307 e. The van der Waals surface area contributed by atoms with Crippen LogP contribution in [-0.4, -0.2) is 22.9 Å². The van der Waals surface area contributed by atoms with Crippen molar-refractivity contribution in [3.63, 3.8) is 0 Å². The highest BCUT2D eigenvalue weighted by Gasteiger charge is 2.07. The second-order valence-electron chi connectivity index (χ2n) is 4.50. The lowest BCUT2D eigenvalue weighted by atomic mass is 10.2. The third kappa shape index (κ3) is 3.97. The lowest BCUT2D eigenvalue weighted by Crippen LogP contribution is -2.19. The van der Waals surface area contributed by atoms with Gasteiger partial charge in [0, 0.05) is 16.1 Å². The Morgan fingerprint density at radius 3 is 2.86 bits per heavy atom. The minimum atomic E-state index is -0.162. The summed E-state index contributed by atoms with van der Waals surface area (Å²) in [5.74, 6) is 6.13. The van der Waals surface area contributed by atoms with Crippen LogP contribution in [0.2, 0.25) is 0 Å². The Morgan fingerprint density at radius 2 is 2.19 bits per heavy atom. The number of aliphatic hydroxyl groups is 1. The van der Waals surface area contributed by atoms with Gasteiger partial charge in [-0.05, 0) is 32.0 Å². The van der Waals surface area contributed by atoms with Gasteiger partial charge in [0.05, 0.1) is 6.54 Å². The molecule has 0 bridgehead atoms. The molecule has 4 nitrogen and oxygen atoms in total. The number of aryl methyl sites for hydroxylation is 1. The zero-order chi connectivity index (χ0) is 15.2. The molecule has 0 saturated heterocycles. The molecule has 110 valence electrons. The highest BCUT2D eigenvalue weighted by atomic mass is 32.1. The van der Waals surface area contributed by atoms with Gasteiger partial charge in [0.25, 0.3) is 0 Å².